The predicted octanol–water partition coefficient (Wildman–Crippen LogP) is 3.93. The first kappa shape index (κ1) is 14.3. The van der Waals surface area contributed by atoms with E-state index >= 15 is 0 Å². The predicted molar refractivity (Wildman–Crippen MR) is 84.2 cm³/mol. The van der Waals surface area contributed by atoms with Crippen LogP contribution in [0.1, 0.15) is 46.5 Å². The Bertz CT molecular complexity index is 644. The molecule has 0 amide bonds. The lowest BCUT2D eigenvalue weighted by molar-refractivity contribution is 0.103. The van der Waals surface area contributed by atoms with Crippen LogP contribution in [-0.2, 0) is 12.8 Å². The number of ketones is 1. The molecule has 2 aromatic carbocycles. The Balaban J connectivity index is 2.54. The zero-order valence-electron chi connectivity index (χ0n) is 12.4. The first-order chi connectivity index (χ1) is 9.56. The maximum absolute atomic E-state index is 12.8. The van der Waals surface area contributed by atoms with Crippen molar-refractivity contribution in [2.24, 2.45) is 0 Å². The minimum absolute atomic E-state index is 0.0713. The Morgan fingerprint density at radius 3 is 2.40 bits per heavy atom. The van der Waals surface area contributed by atoms with Crippen molar-refractivity contribution in [3.63, 3.8) is 0 Å². The molecule has 0 unspecified atom stereocenters. The highest BCUT2D eigenvalue weighted by Gasteiger charge is 2.15. The van der Waals surface area contributed by atoms with Gasteiger partial charge in [0.1, 0.15) is 0 Å². The van der Waals surface area contributed by atoms with Crippen molar-refractivity contribution < 1.29 is 4.79 Å². The summed E-state index contributed by atoms with van der Waals surface area (Å²) in [7, 11) is 0. The van der Waals surface area contributed by atoms with Gasteiger partial charge in [-0.25, -0.2) is 0 Å². The Kier molecular flexibility index (Phi) is 4.23. The molecule has 2 nitrogen and oxygen atoms in total. The van der Waals surface area contributed by atoms with Gasteiger partial charge in [0.15, 0.2) is 5.78 Å². The summed E-state index contributed by atoms with van der Waals surface area (Å²) in [5, 5.41) is 0. The molecule has 0 saturated carbocycles. The standard InChI is InChI=1S/C18H21NO/c1-4-13-7-8-14(5-2)17(10-13)18(20)16-11-15(19)9-6-12(16)3/h6-11H,4-5,19H2,1-3H3. The van der Waals surface area contributed by atoms with Crippen LogP contribution in [0.2, 0.25) is 0 Å². The van der Waals surface area contributed by atoms with E-state index in [1.54, 1.807) is 6.07 Å². The summed E-state index contributed by atoms with van der Waals surface area (Å²) in [6.07, 6.45) is 1.78. The molecule has 0 aliphatic heterocycles. The number of aryl methyl sites for hydroxylation is 3. The normalized spacial score (nSPS) is 10.6. The topological polar surface area (TPSA) is 43.1 Å². The third-order valence-electron chi connectivity index (χ3n) is 3.71. The molecule has 0 heterocycles. The number of carbonyl (C=O) groups excluding carboxylic acids is 1. The third kappa shape index (κ3) is 2.74. The maximum atomic E-state index is 12.8. The Hall–Kier alpha value is -2.09. The van der Waals surface area contributed by atoms with E-state index in [1.165, 1.54) is 5.56 Å². The van der Waals surface area contributed by atoms with E-state index in [1.807, 2.05) is 25.1 Å². The quantitative estimate of drug-likeness (QED) is 0.673. The van der Waals surface area contributed by atoms with Crippen LogP contribution in [0, 0.1) is 6.92 Å². The highest BCUT2D eigenvalue weighted by atomic mass is 16.1. The van der Waals surface area contributed by atoms with Gasteiger partial charge >= 0.3 is 0 Å². The van der Waals surface area contributed by atoms with Crippen LogP contribution >= 0.6 is 0 Å². The van der Waals surface area contributed by atoms with Gasteiger partial charge in [-0.2, -0.15) is 0 Å². The summed E-state index contributed by atoms with van der Waals surface area (Å²) in [6, 6.07) is 11.7. The third-order valence-corrected chi connectivity index (χ3v) is 3.71. The van der Waals surface area contributed by atoms with Gasteiger partial charge in [0.05, 0.1) is 0 Å². The van der Waals surface area contributed by atoms with Crippen molar-refractivity contribution in [3.8, 4) is 0 Å². The molecule has 0 aliphatic carbocycles. The van der Waals surface area contributed by atoms with Crippen molar-refractivity contribution in [3.05, 3.63) is 64.2 Å². The molecule has 20 heavy (non-hydrogen) atoms. The minimum atomic E-state index is 0.0713. The first-order valence-corrected chi connectivity index (χ1v) is 7.09. The summed E-state index contributed by atoms with van der Waals surface area (Å²) in [5.74, 6) is 0.0713. The number of carbonyl (C=O) groups is 1. The van der Waals surface area contributed by atoms with Crippen LogP contribution in [0.4, 0.5) is 5.69 Å². The molecule has 0 saturated heterocycles. The van der Waals surface area contributed by atoms with Gasteiger partial charge in [0, 0.05) is 16.8 Å². The van der Waals surface area contributed by atoms with Gasteiger partial charge in [-0.15, -0.1) is 0 Å². The molecule has 0 bridgehead atoms. The number of benzene rings is 2. The molecule has 2 aromatic rings. The molecule has 0 fully saturated rings. The van der Waals surface area contributed by atoms with Crippen LogP contribution in [0.3, 0.4) is 0 Å². The van der Waals surface area contributed by atoms with E-state index in [-0.39, 0.29) is 5.78 Å². The number of hydrogen-bond acceptors (Lipinski definition) is 2. The van der Waals surface area contributed by atoms with Gasteiger partial charge in [-0.1, -0.05) is 32.0 Å². The van der Waals surface area contributed by atoms with Crippen LogP contribution in [-0.4, -0.2) is 5.78 Å². The molecule has 0 aliphatic rings. The van der Waals surface area contributed by atoms with Crippen molar-refractivity contribution in [2.75, 3.05) is 5.73 Å². The molecule has 0 aromatic heterocycles. The van der Waals surface area contributed by atoms with E-state index in [4.69, 9.17) is 5.73 Å². The molecule has 2 heteroatoms. The van der Waals surface area contributed by atoms with E-state index in [2.05, 4.69) is 26.0 Å². The number of nitrogens with two attached hydrogens (primary N) is 1. The van der Waals surface area contributed by atoms with Crippen LogP contribution in [0.15, 0.2) is 36.4 Å². The van der Waals surface area contributed by atoms with E-state index in [0.29, 0.717) is 11.3 Å². The van der Waals surface area contributed by atoms with Gasteiger partial charge in [-0.05, 0) is 54.7 Å². The first-order valence-electron chi connectivity index (χ1n) is 7.09. The smallest absolute Gasteiger partial charge is 0.193 e. The largest absolute Gasteiger partial charge is 0.399 e. The molecule has 0 spiro atoms. The SMILES string of the molecule is CCc1ccc(CC)c(C(=O)c2cc(N)ccc2C)c1. The Morgan fingerprint density at radius 2 is 1.75 bits per heavy atom. The lowest BCUT2D eigenvalue weighted by Gasteiger charge is -2.11. The Labute approximate surface area is 120 Å². The zero-order chi connectivity index (χ0) is 14.7. The molecule has 0 atom stereocenters. The van der Waals surface area contributed by atoms with Gasteiger partial charge in [-0.3, -0.25) is 4.79 Å². The number of rotatable bonds is 4. The second kappa shape index (κ2) is 5.91. The van der Waals surface area contributed by atoms with Crippen molar-refractivity contribution in [1.82, 2.24) is 0 Å². The second-order valence-corrected chi connectivity index (χ2v) is 5.10. The summed E-state index contributed by atoms with van der Waals surface area (Å²) in [5.41, 5.74) is 11.2. The highest BCUT2D eigenvalue weighted by molar-refractivity contribution is 6.11. The average molecular weight is 267 g/mol. The van der Waals surface area contributed by atoms with E-state index in [0.717, 1.165) is 29.5 Å². The summed E-state index contributed by atoms with van der Waals surface area (Å²) >= 11 is 0. The number of anilines is 1. The molecule has 104 valence electrons. The number of hydrogen-bond donors (Lipinski definition) is 1. The van der Waals surface area contributed by atoms with Crippen LogP contribution < -0.4 is 5.73 Å². The van der Waals surface area contributed by atoms with Gasteiger partial charge in [0.2, 0.25) is 0 Å². The van der Waals surface area contributed by atoms with Crippen molar-refractivity contribution in [2.45, 2.75) is 33.6 Å². The highest BCUT2D eigenvalue weighted by Crippen LogP contribution is 2.21. The molecular formula is C18H21NO. The molecule has 2 N–H and O–H groups in total. The van der Waals surface area contributed by atoms with Crippen LogP contribution in [0.5, 0.6) is 0 Å². The fourth-order valence-corrected chi connectivity index (χ4v) is 2.39. The minimum Gasteiger partial charge on any atom is -0.399 e. The number of nitrogen functional groups attached to an aromatic ring is 1. The van der Waals surface area contributed by atoms with Crippen molar-refractivity contribution >= 4 is 11.5 Å². The molecular weight excluding hydrogens is 246 g/mol. The average Bonchev–Trinajstić information content (AvgIpc) is 2.48. The molecule has 2 rings (SSSR count). The van der Waals surface area contributed by atoms with Crippen LogP contribution in [0.25, 0.3) is 0 Å². The second-order valence-electron chi connectivity index (χ2n) is 5.10. The fraction of sp³-hybridized carbons (Fsp3) is 0.278. The lowest BCUT2D eigenvalue weighted by Crippen LogP contribution is -2.08. The fourth-order valence-electron chi connectivity index (χ4n) is 2.39. The summed E-state index contributed by atoms with van der Waals surface area (Å²) in [4.78, 5) is 12.8. The zero-order valence-corrected chi connectivity index (χ0v) is 12.4. The van der Waals surface area contributed by atoms with E-state index < -0.39 is 0 Å². The monoisotopic (exact) mass is 267 g/mol. The molecule has 0 radical (unpaired) electrons. The van der Waals surface area contributed by atoms with Gasteiger partial charge < -0.3 is 5.73 Å². The summed E-state index contributed by atoms with van der Waals surface area (Å²) < 4.78 is 0. The Morgan fingerprint density at radius 1 is 1.00 bits per heavy atom. The van der Waals surface area contributed by atoms with E-state index in [9.17, 15) is 4.79 Å². The lowest BCUT2D eigenvalue weighted by atomic mass is 9.92. The van der Waals surface area contributed by atoms with Crippen molar-refractivity contribution in [1.29, 1.82) is 0 Å². The summed E-state index contributed by atoms with van der Waals surface area (Å²) in [6.45, 7) is 6.12. The maximum Gasteiger partial charge on any atom is 0.193 e. The van der Waals surface area contributed by atoms with Gasteiger partial charge in [0.25, 0.3) is 0 Å².